The van der Waals surface area contributed by atoms with Crippen molar-refractivity contribution in [2.45, 2.75) is 25.8 Å². The molecule has 0 radical (unpaired) electrons. The standard InChI is InChI=1S/C22H22N2O3/c1-13-4-9-19-17(10-13)18(22(25)23-14-5-6-14)12-20(24-19)16-8-7-15(26-2)11-21(16)27-3/h4,7-12,14H,5-6H2,1-3H3,(H,23,25). The van der Waals surface area contributed by atoms with Crippen LogP contribution in [0.5, 0.6) is 11.5 Å². The maximum absolute atomic E-state index is 12.9. The molecule has 1 N–H and O–H groups in total. The third kappa shape index (κ3) is 3.45. The van der Waals surface area contributed by atoms with Crippen molar-refractivity contribution in [3.63, 3.8) is 0 Å². The van der Waals surface area contributed by atoms with Gasteiger partial charge in [0.25, 0.3) is 5.91 Å². The van der Waals surface area contributed by atoms with E-state index in [0.717, 1.165) is 34.9 Å². The minimum Gasteiger partial charge on any atom is -0.497 e. The SMILES string of the molecule is COc1ccc(-c2cc(C(=O)NC3CC3)c3cc(C)ccc3n2)c(OC)c1. The first-order valence-corrected chi connectivity index (χ1v) is 9.03. The summed E-state index contributed by atoms with van der Waals surface area (Å²) in [6.45, 7) is 2.02. The first-order valence-electron chi connectivity index (χ1n) is 9.03. The van der Waals surface area contributed by atoms with Gasteiger partial charge in [-0.05, 0) is 50.1 Å². The van der Waals surface area contributed by atoms with Gasteiger partial charge in [-0.1, -0.05) is 11.6 Å². The van der Waals surface area contributed by atoms with Crippen molar-refractivity contribution in [3.05, 3.63) is 53.6 Å². The molecule has 1 fully saturated rings. The van der Waals surface area contributed by atoms with E-state index < -0.39 is 0 Å². The molecule has 1 aliphatic carbocycles. The van der Waals surface area contributed by atoms with Crippen LogP contribution in [-0.4, -0.2) is 31.2 Å². The predicted molar refractivity (Wildman–Crippen MR) is 106 cm³/mol. The number of fused-ring (bicyclic) bond motifs is 1. The summed E-state index contributed by atoms with van der Waals surface area (Å²) in [6, 6.07) is 13.7. The number of aryl methyl sites for hydroxylation is 1. The van der Waals surface area contributed by atoms with Crippen LogP contribution in [0.2, 0.25) is 0 Å². The first kappa shape index (κ1) is 17.3. The Bertz CT molecular complexity index is 1030. The number of benzene rings is 2. The van der Waals surface area contributed by atoms with Crippen molar-refractivity contribution >= 4 is 16.8 Å². The lowest BCUT2D eigenvalue weighted by atomic mass is 10.0. The zero-order valence-corrected chi connectivity index (χ0v) is 15.7. The summed E-state index contributed by atoms with van der Waals surface area (Å²) in [5.74, 6) is 1.31. The number of aromatic nitrogens is 1. The Kier molecular flexibility index (Phi) is 4.44. The Morgan fingerprint density at radius 2 is 1.89 bits per heavy atom. The fourth-order valence-corrected chi connectivity index (χ4v) is 3.17. The molecule has 1 amide bonds. The molecule has 3 aromatic rings. The van der Waals surface area contributed by atoms with E-state index >= 15 is 0 Å². The third-order valence-electron chi connectivity index (χ3n) is 4.81. The van der Waals surface area contributed by atoms with Gasteiger partial charge in [0.1, 0.15) is 11.5 Å². The van der Waals surface area contributed by atoms with E-state index in [1.54, 1.807) is 14.2 Å². The maximum Gasteiger partial charge on any atom is 0.252 e. The smallest absolute Gasteiger partial charge is 0.252 e. The number of methoxy groups -OCH3 is 2. The summed E-state index contributed by atoms with van der Waals surface area (Å²) >= 11 is 0. The van der Waals surface area contributed by atoms with Crippen LogP contribution in [0.4, 0.5) is 0 Å². The van der Waals surface area contributed by atoms with Gasteiger partial charge >= 0.3 is 0 Å². The van der Waals surface area contributed by atoms with E-state index in [-0.39, 0.29) is 5.91 Å². The molecule has 5 heteroatoms. The second kappa shape index (κ2) is 6.91. The quantitative estimate of drug-likeness (QED) is 0.742. The Balaban J connectivity index is 1.89. The number of nitrogens with one attached hydrogen (secondary N) is 1. The average molecular weight is 362 g/mol. The van der Waals surface area contributed by atoms with Crippen LogP contribution in [-0.2, 0) is 0 Å². The van der Waals surface area contributed by atoms with Crippen molar-refractivity contribution in [2.75, 3.05) is 14.2 Å². The van der Waals surface area contributed by atoms with Crippen LogP contribution in [0.1, 0.15) is 28.8 Å². The van der Waals surface area contributed by atoms with Crippen LogP contribution in [0.3, 0.4) is 0 Å². The molecule has 2 aromatic carbocycles. The molecule has 0 spiro atoms. The normalized spacial score (nSPS) is 13.4. The Morgan fingerprint density at radius 3 is 2.59 bits per heavy atom. The van der Waals surface area contributed by atoms with E-state index in [9.17, 15) is 4.79 Å². The molecule has 0 bridgehead atoms. The predicted octanol–water partition coefficient (Wildman–Crippen LogP) is 4.12. The van der Waals surface area contributed by atoms with Crippen LogP contribution >= 0.6 is 0 Å². The van der Waals surface area contributed by atoms with Crippen molar-refractivity contribution in [3.8, 4) is 22.8 Å². The van der Waals surface area contributed by atoms with Crippen molar-refractivity contribution < 1.29 is 14.3 Å². The lowest BCUT2D eigenvalue weighted by molar-refractivity contribution is 0.0952. The van der Waals surface area contributed by atoms with E-state index in [1.165, 1.54) is 0 Å². The molecule has 0 atom stereocenters. The summed E-state index contributed by atoms with van der Waals surface area (Å²) in [5, 5.41) is 3.95. The Morgan fingerprint density at radius 1 is 1.07 bits per heavy atom. The molecule has 0 unspecified atom stereocenters. The van der Waals surface area contributed by atoms with E-state index in [0.29, 0.717) is 28.8 Å². The number of rotatable bonds is 5. The molecular formula is C22H22N2O3. The van der Waals surface area contributed by atoms with Gasteiger partial charge in [-0.25, -0.2) is 4.98 Å². The molecule has 0 saturated heterocycles. The number of hydrogen-bond donors (Lipinski definition) is 1. The van der Waals surface area contributed by atoms with Gasteiger partial charge in [-0.15, -0.1) is 0 Å². The number of hydrogen-bond acceptors (Lipinski definition) is 4. The highest BCUT2D eigenvalue weighted by Crippen LogP contribution is 2.34. The molecule has 0 aliphatic heterocycles. The fourth-order valence-electron chi connectivity index (χ4n) is 3.17. The van der Waals surface area contributed by atoms with Gasteiger partial charge < -0.3 is 14.8 Å². The van der Waals surface area contributed by atoms with Crippen LogP contribution in [0.25, 0.3) is 22.2 Å². The summed E-state index contributed by atoms with van der Waals surface area (Å²) in [6.07, 6.45) is 2.10. The summed E-state index contributed by atoms with van der Waals surface area (Å²) < 4.78 is 10.8. The summed E-state index contributed by atoms with van der Waals surface area (Å²) in [5.41, 5.74) is 4.05. The lowest BCUT2D eigenvalue weighted by Gasteiger charge is -2.13. The highest BCUT2D eigenvalue weighted by Gasteiger charge is 2.25. The van der Waals surface area contributed by atoms with Gasteiger partial charge in [-0.3, -0.25) is 4.79 Å². The molecule has 1 aromatic heterocycles. The Hall–Kier alpha value is -3.08. The highest BCUT2D eigenvalue weighted by molar-refractivity contribution is 6.07. The summed E-state index contributed by atoms with van der Waals surface area (Å²) in [4.78, 5) is 17.7. The Labute approximate surface area is 158 Å². The monoisotopic (exact) mass is 362 g/mol. The van der Waals surface area contributed by atoms with Gasteiger partial charge in [0.05, 0.1) is 31.0 Å². The lowest BCUT2D eigenvalue weighted by Crippen LogP contribution is -2.25. The minimum absolute atomic E-state index is 0.0516. The molecule has 27 heavy (non-hydrogen) atoms. The number of ether oxygens (including phenoxy) is 2. The molecular weight excluding hydrogens is 340 g/mol. The number of amides is 1. The topological polar surface area (TPSA) is 60.5 Å². The summed E-state index contributed by atoms with van der Waals surface area (Å²) in [7, 11) is 3.23. The molecule has 1 aliphatic rings. The van der Waals surface area contributed by atoms with Crippen molar-refractivity contribution in [2.24, 2.45) is 0 Å². The second-order valence-corrected chi connectivity index (χ2v) is 6.89. The molecule has 5 nitrogen and oxygen atoms in total. The molecule has 1 heterocycles. The maximum atomic E-state index is 12.9. The molecule has 4 rings (SSSR count). The van der Waals surface area contributed by atoms with E-state index in [1.807, 2.05) is 49.4 Å². The molecule has 1 saturated carbocycles. The zero-order valence-electron chi connectivity index (χ0n) is 15.7. The number of nitrogens with zero attached hydrogens (tertiary/aromatic N) is 1. The minimum atomic E-state index is -0.0516. The number of carbonyl (C=O) groups is 1. The van der Waals surface area contributed by atoms with Crippen molar-refractivity contribution in [1.29, 1.82) is 0 Å². The fraction of sp³-hybridized carbons (Fsp3) is 0.273. The third-order valence-corrected chi connectivity index (χ3v) is 4.81. The first-order chi connectivity index (χ1) is 13.1. The van der Waals surface area contributed by atoms with E-state index in [2.05, 4.69) is 5.32 Å². The van der Waals surface area contributed by atoms with Gasteiger partial charge in [-0.2, -0.15) is 0 Å². The zero-order chi connectivity index (χ0) is 19.0. The van der Waals surface area contributed by atoms with Gasteiger partial charge in [0.15, 0.2) is 0 Å². The van der Waals surface area contributed by atoms with E-state index in [4.69, 9.17) is 14.5 Å². The van der Waals surface area contributed by atoms with Gasteiger partial charge in [0.2, 0.25) is 0 Å². The highest BCUT2D eigenvalue weighted by atomic mass is 16.5. The van der Waals surface area contributed by atoms with Crippen LogP contribution in [0.15, 0.2) is 42.5 Å². The van der Waals surface area contributed by atoms with Gasteiger partial charge in [0, 0.05) is 23.1 Å². The van der Waals surface area contributed by atoms with Crippen LogP contribution in [0, 0.1) is 6.92 Å². The second-order valence-electron chi connectivity index (χ2n) is 6.89. The van der Waals surface area contributed by atoms with Crippen LogP contribution < -0.4 is 14.8 Å². The number of pyridine rings is 1. The number of carbonyl (C=O) groups excluding carboxylic acids is 1. The average Bonchev–Trinajstić information content (AvgIpc) is 3.50. The largest absolute Gasteiger partial charge is 0.497 e. The van der Waals surface area contributed by atoms with Crippen molar-refractivity contribution in [1.82, 2.24) is 10.3 Å². The molecule has 138 valence electrons.